The van der Waals surface area contributed by atoms with E-state index in [0.29, 0.717) is 5.65 Å². The quantitative estimate of drug-likeness (QED) is 0.587. The summed E-state index contributed by atoms with van der Waals surface area (Å²) in [5.74, 6) is -1.74. The summed E-state index contributed by atoms with van der Waals surface area (Å²) in [6, 6.07) is 1.50. The van der Waals surface area contributed by atoms with Gasteiger partial charge in [-0.2, -0.15) is 0 Å². The van der Waals surface area contributed by atoms with Crippen molar-refractivity contribution in [3.05, 3.63) is 30.1 Å². The molecule has 2 aromatic rings. The van der Waals surface area contributed by atoms with Gasteiger partial charge in [-0.05, 0) is 6.07 Å². The number of hydrogen-bond donors (Lipinski definition) is 0. The highest BCUT2D eigenvalue weighted by Crippen LogP contribution is 2.17. The van der Waals surface area contributed by atoms with Crippen LogP contribution in [0.2, 0.25) is 0 Å². The maximum Gasteiger partial charge on any atom is 0.177 e. The van der Waals surface area contributed by atoms with Gasteiger partial charge in [-0.3, -0.25) is 0 Å². The average molecular weight is 168 g/mol. The fourth-order valence-electron chi connectivity index (χ4n) is 1.16. The summed E-state index contributed by atoms with van der Waals surface area (Å²) in [5.41, 5.74) is 0.453. The molecule has 0 aliphatic carbocycles. The largest absolute Gasteiger partial charge is 0.335 e. The van der Waals surface area contributed by atoms with Gasteiger partial charge in [0.05, 0.1) is 11.6 Å². The minimum atomic E-state index is -0.909. The summed E-state index contributed by atoms with van der Waals surface area (Å²) >= 11 is 0. The second-order valence-electron chi connectivity index (χ2n) is 2.58. The normalized spacial score (nSPS) is 10.9. The molecule has 0 atom stereocenters. The number of fused-ring (bicyclic) bond motifs is 1. The number of aromatic nitrogens is 2. The molecular weight excluding hydrogens is 162 g/mol. The van der Waals surface area contributed by atoms with Crippen LogP contribution in [0, 0.1) is 11.6 Å². The smallest absolute Gasteiger partial charge is 0.177 e. The first-order chi connectivity index (χ1) is 5.70. The Morgan fingerprint density at radius 1 is 1.42 bits per heavy atom. The maximum absolute atomic E-state index is 13.0. The number of pyridine rings is 1. The Labute approximate surface area is 67.4 Å². The van der Waals surface area contributed by atoms with Crippen molar-refractivity contribution in [3.63, 3.8) is 0 Å². The van der Waals surface area contributed by atoms with E-state index >= 15 is 0 Å². The highest BCUT2D eigenvalue weighted by molar-refractivity contribution is 5.76. The van der Waals surface area contributed by atoms with E-state index in [1.165, 1.54) is 6.07 Å². The topological polar surface area (TPSA) is 17.8 Å². The first-order valence-corrected chi connectivity index (χ1v) is 3.45. The molecule has 0 amide bonds. The lowest BCUT2D eigenvalue weighted by molar-refractivity contribution is 0.513. The predicted molar refractivity (Wildman–Crippen MR) is 40.6 cm³/mol. The lowest BCUT2D eigenvalue weighted by Crippen LogP contribution is -1.91. The Balaban J connectivity index is 2.93. The molecule has 2 nitrogen and oxygen atoms in total. The van der Waals surface area contributed by atoms with Crippen LogP contribution in [0.25, 0.3) is 11.0 Å². The van der Waals surface area contributed by atoms with E-state index < -0.39 is 11.6 Å². The molecule has 0 unspecified atom stereocenters. The fourth-order valence-corrected chi connectivity index (χ4v) is 1.16. The van der Waals surface area contributed by atoms with Gasteiger partial charge in [-0.25, -0.2) is 13.8 Å². The monoisotopic (exact) mass is 168 g/mol. The van der Waals surface area contributed by atoms with E-state index in [0.717, 1.165) is 6.20 Å². The second-order valence-corrected chi connectivity index (χ2v) is 2.58. The Bertz CT molecular complexity index is 434. The molecule has 0 saturated heterocycles. The van der Waals surface area contributed by atoms with Gasteiger partial charge in [-0.1, -0.05) is 0 Å². The van der Waals surface area contributed by atoms with E-state index in [-0.39, 0.29) is 5.39 Å². The molecular formula is C8H6F2N2. The summed E-state index contributed by atoms with van der Waals surface area (Å²) in [7, 11) is 1.73. The third-order valence-corrected chi connectivity index (χ3v) is 1.79. The van der Waals surface area contributed by atoms with Crippen LogP contribution in [-0.2, 0) is 7.05 Å². The molecule has 2 aromatic heterocycles. The maximum atomic E-state index is 13.0. The first-order valence-electron chi connectivity index (χ1n) is 3.45. The number of nitrogens with zero attached hydrogens (tertiary/aromatic N) is 2. The van der Waals surface area contributed by atoms with Gasteiger partial charge in [0.2, 0.25) is 0 Å². The second kappa shape index (κ2) is 2.27. The molecule has 4 heteroatoms. The van der Waals surface area contributed by atoms with Crippen molar-refractivity contribution in [1.82, 2.24) is 9.55 Å². The summed E-state index contributed by atoms with van der Waals surface area (Å²) in [5, 5.41) is 0.220. The molecule has 2 rings (SSSR count). The molecule has 0 radical (unpaired) electrons. The van der Waals surface area contributed by atoms with Crippen LogP contribution >= 0.6 is 0 Å². The zero-order chi connectivity index (χ0) is 8.72. The highest BCUT2D eigenvalue weighted by Gasteiger charge is 2.09. The molecule has 12 heavy (non-hydrogen) atoms. The fraction of sp³-hybridized carbons (Fsp3) is 0.125. The molecule has 0 fully saturated rings. The molecule has 0 spiro atoms. The molecule has 2 heterocycles. The van der Waals surface area contributed by atoms with Gasteiger partial charge in [0.15, 0.2) is 11.6 Å². The summed E-state index contributed by atoms with van der Waals surface area (Å²) in [6.45, 7) is 0. The number of rotatable bonds is 0. The van der Waals surface area contributed by atoms with Crippen LogP contribution in [0.4, 0.5) is 8.78 Å². The molecule has 0 N–H and O–H groups in total. The first kappa shape index (κ1) is 7.21. The minimum Gasteiger partial charge on any atom is -0.335 e. The molecule has 62 valence electrons. The average Bonchev–Trinajstić information content (AvgIpc) is 2.41. The van der Waals surface area contributed by atoms with Crippen molar-refractivity contribution in [3.8, 4) is 0 Å². The van der Waals surface area contributed by atoms with Crippen LogP contribution in [0.1, 0.15) is 0 Å². The van der Waals surface area contributed by atoms with Crippen LogP contribution in [-0.4, -0.2) is 9.55 Å². The Morgan fingerprint density at radius 3 is 2.92 bits per heavy atom. The number of aryl methyl sites for hydroxylation is 1. The van der Waals surface area contributed by atoms with Crippen molar-refractivity contribution in [1.29, 1.82) is 0 Å². The van der Waals surface area contributed by atoms with Crippen molar-refractivity contribution in [2.24, 2.45) is 7.05 Å². The standard InChI is InChI=1S/C8H6F2N2/c1-12-3-2-5-7(10)6(9)4-11-8(5)12/h2-4H,1H3. The zero-order valence-electron chi connectivity index (χ0n) is 6.38. The summed E-state index contributed by atoms with van der Waals surface area (Å²) in [6.07, 6.45) is 2.53. The zero-order valence-corrected chi connectivity index (χ0v) is 6.38. The lowest BCUT2D eigenvalue weighted by Gasteiger charge is -1.95. The Kier molecular flexibility index (Phi) is 1.36. The number of halogens is 2. The third kappa shape index (κ3) is 0.809. The van der Waals surface area contributed by atoms with Crippen molar-refractivity contribution in [2.45, 2.75) is 0 Å². The van der Waals surface area contributed by atoms with Crippen LogP contribution in [0.5, 0.6) is 0 Å². The van der Waals surface area contributed by atoms with E-state index in [1.807, 2.05) is 0 Å². The Morgan fingerprint density at radius 2 is 2.17 bits per heavy atom. The van der Waals surface area contributed by atoms with Gasteiger partial charge >= 0.3 is 0 Å². The third-order valence-electron chi connectivity index (χ3n) is 1.79. The van der Waals surface area contributed by atoms with Crippen molar-refractivity contribution < 1.29 is 8.78 Å². The molecule has 0 saturated carbocycles. The Hall–Kier alpha value is -1.45. The minimum absolute atomic E-state index is 0.220. The molecule has 0 aliphatic rings. The highest BCUT2D eigenvalue weighted by atomic mass is 19.2. The van der Waals surface area contributed by atoms with Crippen LogP contribution < -0.4 is 0 Å². The van der Waals surface area contributed by atoms with Gasteiger partial charge in [0.25, 0.3) is 0 Å². The predicted octanol–water partition coefficient (Wildman–Crippen LogP) is 1.85. The molecule has 0 bridgehead atoms. The van der Waals surface area contributed by atoms with Crippen molar-refractivity contribution in [2.75, 3.05) is 0 Å². The molecule has 0 aromatic carbocycles. The van der Waals surface area contributed by atoms with Gasteiger partial charge in [0, 0.05) is 13.2 Å². The van der Waals surface area contributed by atoms with Crippen LogP contribution in [0.3, 0.4) is 0 Å². The summed E-state index contributed by atoms with van der Waals surface area (Å²) < 4.78 is 27.2. The SMILES string of the molecule is Cn1ccc2c(F)c(F)cnc21. The lowest BCUT2D eigenvalue weighted by atomic mass is 10.3. The van der Waals surface area contributed by atoms with Gasteiger partial charge < -0.3 is 4.57 Å². The van der Waals surface area contributed by atoms with Crippen LogP contribution in [0.15, 0.2) is 18.5 Å². The van der Waals surface area contributed by atoms with Crippen molar-refractivity contribution >= 4 is 11.0 Å². The van der Waals surface area contributed by atoms with Gasteiger partial charge in [0.1, 0.15) is 5.65 Å². The summed E-state index contributed by atoms with van der Waals surface area (Å²) in [4.78, 5) is 3.75. The van der Waals surface area contributed by atoms with E-state index in [9.17, 15) is 8.78 Å². The van der Waals surface area contributed by atoms with Gasteiger partial charge in [-0.15, -0.1) is 0 Å². The van der Waals surface area contributed by atoms with E-state index in [2.05, 4.69) is 4.98 Å². The van der Waals surface area contributed by atoms with E-state index in [1.54, 1.807) is 17.8 Å². The van der Waals surface area contributed by atoms with E-state index in [4.69, 9.17) is 0 Å². The molecule has 0 aliphatic heterocycles. The number of hydrogen-bond acceptors (Lipinski definition) is 1.